The molecular weight excluding hydrogens is 464 g/mol. The third kappa shape index (κ3) is 4.35. The molecule has 1 aliphatic rings. The number of methoxy groups -OCH3 is 1. The minimum absolute atomic E-state index is 0.0907. The maximum atomic E-state index is 13.1. The first-order valence-electron chi connectivity index (χ1n) is 11.4. The summed E-state index contributed by atoms with van der Waals surface area (Å²) < 4.78 is 6.91. The van der Waals surface area contributed by atoms with Gasteiger partial charge < -0.3 is 9.64 Å². The highest BCUT2D eigenvalue weighted by Gasteiger charge is 2.25. The van der Waals surface area contributed by atoms with Crippen molar-refractivity contribution in [1.29, 1.82) is 0 Å². The van der Waals surface area contributed by atoms with Crippen LogP contribution in [0.3, 0.4) is 0 Å². The van der Waals surface area contributed by atoms with Gasteiger partial charge in [-0.15, -0.1) is 11.8 Å². The van der Waals surface area contributed by atoms with Gasteiger partial charge in [0.1, 0.15) is 5.52 Å². The number of aromatic nitrogens is 5. The summed E-state index contributed by atoms with van der Waals surface area (Å²) in [6.45, 7) is 6.06. The summed E-state index contributed by atoms with van der Waals surface area (Å²) in [6.07, 6.45) is 6.74. The lowest BCUT2D eigenvalue weighted by Crippen LogP contribution is -2.40. The van der Waals surface area contributed by atoms with E-state index in [0.717, 1.165) is 42.2 Å². The van der Waals surface area contributed by atoms with Crippen molar-refractivity contribution in [2.45, 2.75) is 23.9 Å². The van der Waals surface area contributed by atoms with Gasteiger partial charge in [0.15, 0.2) is 0 Å². The van der Waals surface area contributed by atoms with E-state index in [1.165, 1.54) is 6.20 Å². The smallest absolute Gasteiger partial charge is 0.329 e. The number of thioether (sulfide) groups is 1. The first kappa shape index (κ1) is 23.3. The molecule has 1 saturated heterocycles. The minimum atomic E-state index is -0.459. The molecule has 9 nitrogen and oxygen atoms in total. The van der Waals surface area contributed by atoms with Crippen LogP contribution < -0.4 is 11.2 Å². The number of piperidine rings is 1. The highest BCUT2D eigenvalue weighted by Crippen LogP contribution is 2.29. The second-order valence-corrected chi connectivity index (χ2v) is 9.35. The number of rotatable bonds is 6. The molecule has 0 spiro atoms. The van der Waals surface area contributed by atoms with Gasteiger partial charge in [-0.25, -0.2) is 14.8 Å². The van der Waals surface area contributed by atoms with Gasteiger partial charge in [0.05, 0.1) is 33.7 Å². The number of ether oxygens (including phenoxy) is 1. The van der Waals surface area contributed by atoms with Crippen LogP contribution in [-0.4, -0.2) is 62.5 Å². The molecule has 1 aliphatic heterocycles. The molecule has 0 bridgehead atoms. The van der Waals surface area contributed by atoms with Crippen molar-refractivity contribution >= 4 is 33.7 Å². The van der Waals surface area contributed by atoms with E-state index >= 15 is 0 Å². The number of nitrogens with one attached hydrogen (secondary N) is 1. The Bertz CT molecular complexity index is 1520. The zero-order valence-corrected chi connectivity index (χ0v) is 20.5. The van der Waals surface area contributed by atoms with E-state index in [0.29, 0.717) is 34.2 Å². The monoisotopic (exact) mass is 490 g/mol. The fourth-order valence-corrected chi connectivity index (χ4v) is 5.01. The average molecular weight is 491 g/mol. The summed E-state index contributed by atoms with van der Waals surface area (Å²) in [5.74, 6) is 0. The predicted molar refractivity (Wildman–Crippen MR) is 138 cm³/mol. The average Bonchev–Trinajstić information content (AvgIpc) is 2.89. The lowest BCUT2D eigenvalue weighted by atomic mass is 10.0. The molecule has 35 heavy (non-hydrogen) atoms. The predicted octanol–water partition coefficient (Wildman–Crippen LogP) is 3.21. The van der Waals surface area contributed by atoms with Crippen LogP contribution in [0.25, 0.3) is 33.2 Å². The Hall–Kier alpha value is -3.50. The Morgan fingerprint density at radius 1 is 1.17 bits per heavy atom. The van der Waals surface area contributed by atoms with E-state index in [1.54, 1.807) is 29.6 Å². The van der Waals surface area contributed by atoms with Gasteiger partial charge >= 0.3 is 5.69 Å². The van der Waals surface area contributed by atoms with Crippen LogP contribution in [0.15, 0.2) is 63.6 Å². The van der Waals surface area contributed by atoms with E-state index in [1.807, 2.05) is 30.5 Å². The van der Waals surface area contributed by atoms with Gasteiger partial charge in [0, 0.05) is 49.9 Å². The fourth-order valence-electron chi connectivity index (χ4n) is 4.65. The third-order valence-corrected chi connectivity index (χ3v) is 7.10. The third-order valence-electron chi connectivity index (χ3n) is 6.44. The molecule has 1 N–H and O–H groups in total. The van der Waals surface area contributed by atoms with Gasteiger partial charge in [-0.3, -0.25) is 19.3 Å². The molecular formula is C25H26N6O3S. The Labute approximate surface area is 205 Å². The molecule has 4 aromatic heterocycles. The molecule has 0 aliphatic carbocycles. The van der Waals surface area contributed by atoms with E-state index in [-0.39, 0.29) is 6.04 Å². The molecule has 5 heterocycles. The second-order valence-electron chi connectivity index (χ2n) is 8.52. The van der Waals surface area contributed by atoms with E-state index in [2.05, 4.69) is 26.4 Å². The number of fused-ring (bicyclic) bond motifs is 3. The van der Waals surface area contributed by atoms with Crippen molar-refractivity contribution in [1.82, 2.24) is 29.4 Å². The van der Waals surface area contributed by atoms with Crippen LogP contribution in [-0.2, 0) is 4.74 Å². The standard InChI is InChI=1S/C25H26N6O3S/c1-15(14-34-2)30-10-8-17(9-11-30)31-23-18(24(32)29-25(31)33)13-26-20-6-5-19(28-22(20)23)16-4-7-21(35-3)27-12-16/h4-7,12-13,17H,1,8-11,14H2,2-3H3,(H,29,32,33). The summed E-state index contributed by atoms with van der Waals surface area (Å²) in [5, 5.41) is 1.27. The first-order valence-corrected chi connectivity index (χ1v) is 12.6. The molecule has 0 radical (unpaired) electrons. The number of hydrogen-bond donors (Lipinski definition) is 1. The van der Waals surface area contributed by atoms with Crippen LogP contribution in [0.4, 0.5) is 0 Å². The maximum Gasteiger partial charge on any atom is 0.329 e. The number of likely N-dealkylation sites (tertiary alicyclic amines) is 1. The molecule has 10 heteroatoms. The fraction of sp³-hybridized carbons (Fsp3) is 0.320. The Morgan fingerprint density at radius 3 is 2.66 bits per heavy atom. The van der Waals surface area contributed by atoms with Gasteiger partial charge in [-0.2, -0.15) is 0 Å². The Balaban J connectivity index is 1.63. The van der Waals surface area contributed by atoms with E-state index in [9.17, 15) is 9.59 Å². The van der Waals surface area contributed by atoms with Crippen LogP contribution in [0.2, 0.25) is 0 Å². The van der Waals surface area contributed by atoms with Gasteiger partial charge in [-0.1, -0.05) is 6.58 Å². The van der Waals surface area contributed by atoms with Crippen LogP contribution in [0.5, 0.6) is 0 Å². The van der Waals surface area contributed by atoms with Crippen LogP contribution in [0.1, 0.15) is 18.9 Å². The molecule has 0 aromatic carbocycles. The molecule has 1 fully saturated rings. The Kier molecular flexibility index (Phi) is 6.40. The summed E-state index contributed by atoms with van der Waals surface area (Å²) >= 11 is 1.57. The molecule has 0 saturated carbocycles. The van der Waals surface area contributed by atoms with Crippen molar-refractivity contribution in [2.24, 2.45) is 0 Å². The normalized spacial score (nSPS) is 14.6. The van der Waals surface area contributed by atoms with Crippen molar-refractivity contribution in [3.05, 3.63) is 69.8 Å². The summed E-state index contributed by atoms with van der Waals surface area (Å²) in [4.78, 5) is 44.3. The topological polar surface area (TPSA) is 106 Å². The van der Waals surface area contributed by atoms with E-state index < -0.39 is 11.2 Å². The summed E-state index contributed by atoms with van der Waals surface area (Å²) in [6, 6.07) is 7.57. The lowest BCUT2D eigenvalue weighted by molar-refractivity contribution is 0.163. The number of hydrogen-bond acceptors (Lipinski definition) is 8. The number of nitrogens with zero attached hydrogens (tertiary/aromatic N) is 5. The van der Waals surface area contributed by atoms with Crippen molar-refractivity contribution in [3.8, 4) is 11.3 Å². The molecule has 180 valence electrons. The molecule has 4 aromatic rings. The zero-order chi connectivity index (χ0) is 24.5. The van der Waals surface area contributed by atoms with Crippen molar-refractivity contribution in [3.63, 3.8) is 0 Å². The first-order chi connectivity index (χ1) is 17.0. The quantitative estimate of drug-likeness (QED) is 0.324. The zero-order valence-electron chi connectivity index (χ0n) is 19.7. The number of aromatic amines is 1. The van der Waals surface area contributed by atoms with Crippen LogP contribution >= 0.6 is 11.8 Å². The molecule has 0 unspecified atom stereocenters. The lowest BCUT2D eigenvalue weighted by Gasteiger charge is -2.35. The van der Waals surface area contributed by atoms with E-state index in [4.69, 9.17) is 9.72 Å². The Morgan fingerprint density at radius 2 is 1.97 bits per heavy atom. The highest BCUT2D eigenvalue weighted by molar-refractivity contribution is 7.98. The second kappa shape index (κ2) is 9.63. The SMILES string of the molecule is C=C(COC)N1CCC(n2c(=O)[nH]c(=O)c3cnc4ccc(-c5ccc(SC)nc5)nc4c32)CC1. The van der Waals surface area contributed by atoms with Crippen LogP contribution in [0, 0.1) is 0 Å². The van der Waals surface area contributed by atoms with Gasteiger partial charge in [-0.05, 0) is 43.4 Å². The summed E-state index contributed by atoms with van der Waals surface area (Å²) in [5.41, 5.74) is 3.27. The van der Waals surface area contributed by atoms with Gasteiger partial charge in [0.2, 0.25) is 0 Å². The minimum Gasteiger partial charge on any atom is -0.379 e. The molecule has 0 atom stereocenters. The molecule has 0 amide bonds. The molecule has 5 rings (SSSR count). The van der Waals surface area contributed by atoms with Crippen molar-refractivity contribution < 1.29 is 4.74 Å². The summed E-state index contributed by atoms with van der Waals surface area (Å²) in [7, 11) is 1.65. The largest absolute Gasteiger partial charge is 0.379 e. The maximum absolute atomic E-state index is 13.1. The number of H-pyrrole nitrogens is 1. The number of pyridine rings is 3. The van der Waals surface area contributed by atoms with Gasteiger partial charge in [0.25, 0.3) is 5.56 Å². The highest BCUT2D eigenvalue weighted by atomic mass is 32.2. The van der Waals surface area contributed by atoms with Crippen molar-refractivity contribution in [2.75, 3.05) is 33.1 Å².